The fourth-order valence-electron chi connectivity index (χ4n) is 1.04. The highest BCUT2D eigenvalue weighted by Gasteiger charge is 2.17. The van der Waals surface area contributed by atoms with Crippen LogP contribution >= 0.6 is 0 Å². The molecule has 0 aliphatic heterocycles. The summed E-state index contributed by atoms with van der Waals surface area (Å²) in [5.74, 6) is 2.22. The monoisotopic (exact) mass is 206 g/mol. The second-order valence-corrected chi connectivity index (χ2v) is 2.68. The first-order valence-corrected chi connectivity index (χ1v) is 4.17. The maximum Gasteiger partial charge on any atom is 0.509 e. The van der Waals surface area contributed by atoms with Crippen molar-refractivity contribution >= 4 is 6.16 Å². The van der Waals surface area contributed by atoms with Crippen molar-refractivity contribution in [1.29, 1.82) is 0 Å². The number of hydrogen-bond donors (Lipinski definition) is 1. The van der Waals surface area contributed by atoms with Crippen LogP contribution in [-0.4, -0.2) is 18.4 Å². The molecule has 0 aliphatic rings. The van der Waals surface area contributed by atoms with Crippen molar-refractivity contribution < 1.29 is 19.4 Å². The zero-order chi connectivity index (χ0) is 11.3. The molecule has 1 aromatic rings. The number of terminal acetylenes is 1. The van der Waals surface area contributed by atoms with E-state index in [4.69, 9.17) is 11.2 Å². The SMILES string of the molecule is C#CC(OC(=O)OC)c1ccccc1O. The van der Waals surface area contributed by atoms with Gasteiger partial charge in [-0.25, -0.2) is 4.79 Å². The van der Waals surface area contributed by atoms with Crippen LogP contribution < -0.4 is 0 Å². The quantitative estimate of drug-likeness (QED) is 0.592. The molecule has 4 nitrogen and oxygen atoms in total. The number of methoxy groups -OCH3 is 1. The summed E-state index contributed by atoms with van der Waals surface area (Å²) in [5.41, 5.74) is 0.352. The first-order chi connectivity index (χ1) is 7.19. The smallest absolute Gasteiger partial charge is 0.507 e. The first-order valence-electron chi connectivity index (χ1n) is 4.17. The summed E-state index contributed by atoms with van der Waals surface area (Å²) in [6.07, 6.45) is 3.35. The molecule has 0 aliphatic carbocycles. The molecule has 78 valence electrons. The summed E-state index contributed by atoms with van der Waals surface area (Å²) in [6.45, 7) is 0. The second-order valence-electron chi connectivity index (χ2n) is 2.68. The van der Waals surface area contributed by atoms with Gasteiger partial charge in [-0.05, 0) is 6.07 Å². The number of rotatable bonds is 2. The van der Waals surface area contributed by atoms with Gasteiger partial charge in [0.05, 0.1) is 7.11 Å². The van der Waals surface area contributed by atoms with Crippen molar-refractivity contribution in [3.63, 3.8) is 0 Å². The molecular formula is C11H10O4. The highest BCUT2D eigenvalue weighted by atomic mass is 16.7. The third kappa shape index (κ3) is 2.64. The van der Waals surface area contributed by atoms with Crippen LogP contribution in [0.4, 0.5) is 4.79 Å². The predicted molar refractivity (Wildman–Crippen MR) is 53.2 cm³/mol. The molecule has 0 radical (unpaired) electrons. The van der Waals surface area contributed by atoms with E-state index in [0.717, 1.165) is 0 Å². The molecule has 15 heavy (non-hydrogen) atoms. The van der Waals surface area contributed by atoms with Crippen molar-refractivity contribution in [3.05, 3.63) is 29.8 Å². The van der Waals surface area contributed by atoms with Gasteiger partial charge in [0.15, 0.2) is 6.10 Å². The first kappa shape index (κ1) is 10.9. The van der Waals surface area contributed by atoms with Gasteiger partial charge >= 0.3 is 6.16 Å². The van der Waals surface area contributed by atoms with E-state index < -0.39 is 12.3 Å². The lowest BCUT2D eigenvalue weighted by molar-refractivity contribution is 0.0544. The normalized spacial score (nSPS) is 11.2. The molecule has 0 saturated carbocycles. The van der Waals surface area contributed by atoms with Crippen LogP contribution in [0.2, 0.25) is 0 Å². The van der Waals surface area contributed by atoms with E-state index in [9.17, 15) is 9.90 Å². The Morgan fingerprint density at radius 3 is 2.73 bits per heavy atom. The number of ether oxygens (including phenoxy) is 2. The zero-order valence-electron chi connectivity index (χ0n) is 8.14. The van der Waals surface area contributed by atoms with Crippen LogP contribution in [0.15, 0.2) is 24.3 Å². The van der Waals surface area contributed by atoms with Crippen LogP contribution in [0.25, 0.3) is 0 Å². The largest absolute Gasteiger partial charge is 0.509 e. The number of hydrogen-bond acceptors (Lipinski definition) is 4. The van der Waals surface area contributed by atoms with Crippen molar-refractivity contribution in [2.45, 2.75) is 6.10 Å². The third-order valence-corrected chi connectivity index (χ3v) is 1.75. The average molecular weight is 206 g/mol. The van der Waals surface area contributed by atoms with Gasteiger partial charge in [-0.1, -0.05) is 24.1 Å². The highest BCUT2D eigenvalue weighted by molar-refractivity contribution is 5.61. The molecule has 1 atom stereocenters. The van der Waals surface area contributed by atoms with Crippen LogP contribution in [-0.2, 0) is 9.47 Å². The lowest BCUT2D eigenvalue weighted by atomic mass is 10.1. The lowest BCUT2D eigenvalue weighted by Gasteiger charge is -2.12. The number of phenolic OH excluding ortho intramolecular Hbond substituents is 1. The number of aromatic hydroxyl groups is 1. The van der Waals surface area contributed by atoms with Crippen molar-refractivity contribution in [3.8, 4) is 18.1 Å². The molecule has 0 bridgehead atoms. The number of carbonyl (C=O) groups is 1. The van der Waals surface area contributed by atoms with Crippen molar-refractivity contribution in [2.24, 2.45) is 0 Å². The van der Waals surface area contributed by atoms with E-state index in [0.29, 0.717) is 5.56 Å². The molecule has 0 fully saturated rings. The number of benzene rings is 1. The Hall–Kier alpha value is -2.15. The summed E-state index contributed by atoms with van der Waals surface area (Å²) in [6, 6.07) is 6.35. The van der Waals surface area contributed by atoms with E-state index in [1.165, 1.54) is 13.2 Å². The number of phenols is 1. The number of para-hydroxylation sites is 1. The van der Waals surface area contributed by atoms with Gasteiger partial charge < -0.3 is 14.6 Å². The molecule has 0 saturated heterocycles. The molecule has 4 heteroatoms. The van der Waals surface area contributed by atoms with Gasteiger partial charge in [-0.3, -0.25) is 0 Å². The molecule has 0 amide bonds. The summed E-state index contributed by atoms with van der Waals surface area (Å²) in [7, 11) is 1.18. The summed E-state index contributed by atoms with van der Waals surface area (Å²) in [5, 5.41) is 9.47. The molecule has 1 aromatic carbocycles. The second kappa shape index (κ2) is 4.91. The Bertz CT molecular complexity index is 392. The fraction of sp³-hybridized carbons (Fsp3) is 0.182. The standard InChI is InChI=1S/C11H10O4/c1-3-10(15-11(13)14-2)8-6-4-5-7-9(8)12/h1,4-7,10,12H,2H3. The van der Waals surface area contributed by atoms with Crippen LogP contribution in [0.3, 0.4) is 0 Å². The van der Waals surface area contributed by atoms with Gasteiger partial charge in [0, 0.05) is 5.56 Å². The van der Waals surface area contributed by atoms with Gasteiger partial charge in [-0.2, -0.15) is 0 Å². The maximum absolute atomic E-state index is 10.8. The van der Waals surface area contributed by atoms with Crippen LogP contribution in [0.1, 0.15) is 11.7 Å². The highest BCUT2D eigenvalue weighted by Crippen LogP contribution is 2.25. The zero-order valence-corrected chi connectivity index (χ0v) is 8.14. The third-order valence-electron chi connectivity index (χ3n) is 1.75. The van der Waals surface area contributed by atoms with E-state index in [1.54, 1.807) is 18.2 Å². The van der Waals surface area contributed by atoms with Crippen molar-refractivity contribution in [1.82, 2.24) is 0 Å². The van der Waals surface area contributed by atoms with E-state index in [2.05, 4.69) is 10.7 Å². The summed E-state index contributed by atoms with van der Waals surface area (Å²) >= 11 is 0. The Kier molecular flexibility index (Phi) is 3.58. The van der Waals surface area contributed by atoms with Gasteiger partial charge in [0.1, 0.15) is 5.75 Å². The molecule has 1 N–H and O–H groups in total. The minimum atomic E-state index is -0.946. The van der Waals surface area contributed by atoms with Gasteiger partial charge in [0.25, 0.3) is 0 Å². The minimum Gasteiger partial charge on any atom is -0.507 e. The molecule has 0 spiro atoms. The molecule has 0 aromatic heterocycles. The lowest BCUT2D eigenvalue weighted by Crippen LogP contribution is -2.09. The molecule has 1 rings (SSSR count). The predicted octanol–water partition coefficient (Wildman–Crippen LogP) is 1.85. The van der Waals surface area contributed by atoms with Crippen LogP contribution in [0, 0.1) is 12.3 Å². The summed E-state index contributed by atoms with van der Waals surface area (Å²) < 4.78 is 9.06. The Morgan fingerprint density at radius 1 is 1.53 bits per heavy atom. The average Bonchev–Trinajstić information content (AvgIpc) is 2.26. The van der Waals surface area contributed by atoms with Crippen LogP contribution in [0.5, 0.6) is 5.75 Å². The van der Waals surface area contributed by atoms with E-state index in [-0.39, 0.29) is 5.75 Å². The minimum absolute atomic E-state index is 0.0237. The van der Waals surface area contributed by atoms with E-state index >= 15 is 0 Å². The number of carbonyl (C=O) groups excluding carboxylic acids is 1. The topological polar surface area (TPSA) is 55.8 Å². The molecule has 1 unspecified atom stereocenters. The molecular weight excluding hydrogens is 196 g/mol. The fourth-order valence-corrected chi connectivity index (χ4v) is 1.04. The van der Waals surface area contributed by atoms with Gasteiger partial charge in [-0.15, -0.1) is 6.42 Å². The summed E-state index contributed by atoms with van der Waals surface area (Å²) in [4.78, 5) is 10.8. The van der Waals surface area contributed by atoms with E-state index in [1.807, 2.05) is 0 Å². The van der Waals surface area contributed by atoms with Gasteiger partial charge in [0.2, 0.25) is 0 Å². The van der Waals surface area contributed by atoms with Crippen molar-refractivity contribution in [2.75, 3.05) is 7.11 Å². The Morgan fingerprint density at radius 2 is 2.20 bits per heavy atom. The maximum atomic E-state index is 10.8. The molecule has 0 heterocycles. The Balaban J connectivity index is 2.89. The Labute approximate surface area is 87.4 Å².